The summed E-state index contributed by atoms with van der Waals surface area (Å²) in [5.74, 6) is -0.752. The maximum absolute atomic E-state index is 12.9. The summed E-state index contributed by atoms with van der Waals surface area (Å²) in [4.78, 5) is 28.5. The summed E-state index contributed by atoms with van der Waals surface area (Å²) < 4.78 is 27.2. The number of amides is 2. The topological polar surface area (TPSA) is 102 Å². The molecule has 152 valence electrons. The molecule has 29 heavy (non-hydrogen) atoms. The molecule has 2 heterocycles. The zero-order valence-electron chi connectivity index (χ0n) is 15.9. The molecule has 0 spiro atoms. The Kier molecular flexibility index (Phi) is 5.25. The highest BCUT2D eigenvalue weighted by atomic mass is 32.2. The Bertz CT molecular complexity index is 980. The lowest BCUT2D eigenvalue weighted by Gasteiger charge is -2.35. The van der Waals surface area contributed by atoms with E-state index < -0.39 is 10.0 Å². The Hall–Kier alpha value is -2.54. The summed E-state index contributed by atoms with van der Waals surface area (Å²) in [6.07, 6.45) is 5.13. The van der Waals surface area contributed by atoms with Crippen LogP contribution in [-0.2, 0) is 19.6 Å². The van der Waals surface area contributed by atoms with Crippen molar-refractivity contribution in [2.24, 2.45) is 11.8 Å². The minimum Gasteiger partial charge on any atom is -0.283 e. The second-order valence-corrected chi connectivity index (χ2v) is 9.44. The van der Waals surface area contributed by atoms with Crippen molar-refractivity contribution in [3.63, 3.8) is 0 Å². The number of sulfonamides is 1. The molecule has 1 aromatic rings. The lowest BCUT2D eigenvalue weighted by atomic mass is 9.85. The Balaban J connectivity index is 1.41. The third kappa shape index (κ3) is 3.48. The highest BCUT2D eigenvalue weighted by Crippen LogP contribution is 2.35. The van der Waals surface area contributed by atoms with Crippen LogP contribution in [0.2, 0.25) is 0 Å². The van der Waals surface area contributed by atoms with Gasteiger partial charge in [0.1, 0.15) is 6.07 Å². The molecule has 2 saturated heterocycles. The van der Waals surface area contributed by atoms with E-state index in [0.717, 1.165) is 0 Å². The zero-order chi connectivity index (χ0) is 20.6. The van der Waals surface area contributed by atoms with Crippen molar-refractivity contribution in [2.45, 2.75) is 17.7 Å². The molecule has 2 amide bonds. The molecular weight excluding hydrogens is 392 g/mol. The summed E-state index contributed by atoms with van der Waals surface area (Å²) in [6, 6.07) is 8.09. The molecule has 3 aliphatic rings. The normalized spacial score (nSPS) is 25.8. The van der Waals surface area contributed by atoms with Crippen molar-refractivity contribution in [3.8, 4) is 6.07 Å². The first-order valence-electron chi connectivity index (χ1n) is 9.65. The SMILES string of the molecule is N#Cc1ccccc1S(=O)(=O)N1CCN(CN2C(=O)[C@H]3CC=CC[C@@H]3C2=O)CC1. The Morgan fingerprint density at radius 1 is 0.966 bits per heavy atom. The van der Waals surface area contributed by atoms with Gasteiger partial charge in [-0.15, -0.1) is 0 Å². The van der Waals surface area contributed by atoms with Gasteiger partial charge in [0.15, 0.2) is 0 Å². The molecule has 0 bridgehead atoms. The van der Waals surface area contributed by atoms with Crippen LogP contribution in [0.4, 0.5) is 0 Å². The summed E-state index contributed by atoms with van der Waals surface area (Å²) in [7, 11) is -3.77. The zero-order valence-corrected chi connectivity index (χ0v) is 16.7. The van der Waals surface area contributed by atoms with E-state index in [0.29, 0.717) is 25.9 Å². The van der Waals surface area contributed by atoms with Crippen LogP contribution < -0.4 is 0 Å². The van der Waals surface area contributed by atoms with Crippen molar-refractivity contribution < 1.29 is 18.0 Å². The van der Waals surface area contributed by atoms with E-state index in [4.69, 9.17) is 0 Å². The van der Waals surface area contributed by atoms with E-state index in [1.165, 1.54) is 21.3 Å². The lowest BCUT2D eigenvalue weighted by molar-refractivity contribution is -0.142. The van der Waals surface area contributed by atoms with Crippen LogP contribution in [0.5, 0.6) is 0 Å². The molecule has 4 rings (SSSR count). The number of rotatable bonds is 4. The van der Waals surface area contributed by atoms with Crippen LogP contribution in [0.1, 0.15) is 18.4 Å². The van der Waals surface area contributed by atoms with Crippen molar-refractivity contribution in [3.05, 3.63) is 42.0 Å². The standard InChI is InChI=1S/C20H22N4O4S/c21-13-15-5-1-4-8-18(15)29(27,28)23-11-9-22(10-12-23)14-24-19(25)16-6-2-3-7-17(16)20(24)26/h1-5,8,16-17H,6-7,9-12,14H2/t16-,17-/m0/s1. The Morgan fingerprint density at radius 3 is 2.14 bits per heavy atom. The second kappa shape index (κ2) is 7.71. The van der Waals surface area contributed by atoms with Gasteiger partial charge in [-0.2, -0.15) is 9.57 Å². The molecule has 9 heteroatoms. The first kappa shape index (κ1) is 19.8. The highest BCUT2D eigenvalue weighted by molar-refractivity contribution is 7.89. The van der Waals surface area contributed by atoms with Crippen LogP contribution in [0, 0.1) is 23.2 Å². The summed E-state index contributed by atoms with van der Waals surface area (Å²) >= 11 is 0. The number of piperazine rings is 1. The number of imide groups is 1. The van der Waals surface area contributed by atoms with Gasteiger partial charge in [0, 0.05) is 26.2 Å². The average Bonchev–Trinajstić information content (AvgIpc) is 2.99. The van der Waals surface area contributed by atoms with Crippen molar-refractivity contribution in [1.82, 2.24) is 14.1 Å². The van der Waals surface area contributed by atoms with Gasteiger partial charge in [-0.05, 0) is 25.0 Å². The van der Waals surface area contributed by atoms with E-state index in [9.17, 15) is 23.3 Å². The van der Waals surface area contributed by atoms with Gasteiger partial charge >= 0.3 is 0 Å². The largest absolute Gasteiger partial charge is 0.283 e. The van der Waals surface area contributed by atoms with Crippen molar-refractivity contribution in [2.75, 3.05) is 32.8 Å². The highest BCUT2D eigenvalue weighted by Gasteiger charge is 2.47. The number of nitrogens with zero attached hydrogens (tertiary/aromatic N) is 4. The molecule has 0 aromatic heterocycles. The van der Waals surface area contributed by atoms with Crippen molar-refractivity contribution in [1.29, 1.82) is 5.26 Å². The van der Waals surface area contributed by atoms with Crippen LogP contribution in [0.15, 0.2) is 41.3 Å². The third-order valence-electron chi connectivity index (χ3n) is 5.90. The number of hydrogen-bond donors (Lipinski definition) is 0. The third-order valence-corrected chi connectivity index (χ3v) is 7.85. The van der Waals surface area contributed by atoms with Crippen LogP contribution in [0.25, 0.3) is 0 Å². The molecule has 2 atom stereocenters. The van der Waals surface area contributed by atoms with Gasteiger partial charge in [-0.25, -0.2) is 8.42 Å². The average molecular weight is 414 g/mol. The fourth-order valence-corrected chi connectivity index (χ4v) is 5.81. The minimum absolute atomic E-state index is 0.0115. The van der Waals surface area contributed by atoms with E-state index in [2.05, 4.69) is 0 Å². The number of hydrogen-bond acceptors (Lipinski definition) is 6. The van der Waals surface area contributed by atoms with Gasteiger partial charge in [-0.1, -0.05) is 24.3 Å². The molecule has 0 saturated carbocycles. The number of allylic oxidation sites excluding steroid dienone is 2. The molecule has 2 aliphatic heterocycles. The van der Waals surface area contributed by atoms with E-state index in [-0.39, 0.29) is 53.9 Å². The number of carbonyl (C=O) groups is 2. The summed E-state index contributed by atoms with van der Waals surface area (Å²) in [5, 5.41) is 9.20. The second-order valence-electron chi connectivity index (χ2n) is 7.53. The van der Waals surface area contributed by atoms with Crippen LogP contribution in [0.3, 0.4) is 0 Å². The molecule has 1 aromatic carbocycles. The molecule has 0 unspecified atom stereocenters. The first-order chi connectivity index (χ1) is 13.9. The van der Waals surface area contributed by atoms with E-state index in [1.54, 1.807) is 12.1 Å². The maximum Gasteiger partial charge on any atom is 0.244 e. The summed E-state index contributed by atoms with van der Waals surface area (Å²) in [6.45, 7) is 1.52. The monoisotopic (exact) mass is 414 g/mol. The van der Waals surface area contributed by atoms with E-state index in [1.807, 2.05) is 23.1 Å². The fourth-order valence-electron chi connectivity index (χ4n) is 4.24. The molecule has 2 fully saturated rings. The van der Waals surface area contributed by atoms with Gasteiger partial charge in [0.25, 0.3) is 0 Å². The van der Waals surface area contributed by atoms with Gasteiger partial charge < -0.3 is 0 Å². The molecule has 0 N–H and O–H groups in total. The first-order valence-corrected chi connectivity index (χ1v) is 11.1. The predicted octanol–water partition coefficient (Wildman–Crippen LogP) is 0.773. The minimum atomic E-state index is -3.77. The van der Waals surface area contributed by atoms with Crippen LogP contribution >= 0.6 is 0 Å². The molecule has 8 nitrogen and oxygen atoms in total. The maximum atomic E-state index is 12.9. The molecule has 0 radical (unpaired) electrons. The predicted molar refractivity (Wildman–Crippen MR) is 104 cm³/mol. The smallest absolute Gasteiger partial charge is 0.244 e. The van der Waals surface area contributed by atoms with Gasteiger partial charge in [0.2, 0.25) is 21.8 Å². The number of likely N-dealkylation sites (tertiary alicyclic amines) is 1. The Labute approximate surface area is 170 Å². The quantitative estimate of drug-likeness (QED) is 0.533. The molecule has 1 aliphatic carbocycles. The molecular formula is C20H22N4O4S. The van der Waals surface area contributed by atoms with Crippen molar-refractivity contribution >= 4 is 21.8 Å². The summed E-state index contributed by atoms with van der Waals surface area (Å²) in [5.41, 5.74) is 0.124. The van der Waals surface area contributed by atoms with Crippen LogP contribution in [-0.4, -0.2) is 67.2 Å². The lowest BCUT2D eigenvalue weighted by Crippen LogP contribution is -2.52. The number of fused-ring (bicyclic) bond motifs is 1. The number of nitriles is 1. The number of benzene rings is 1. The van der Waals surface area contributed by atoms with Gasteiger partial charge in [0.05, 0.1) is 29.0 Å². The number of carbonyl (C=O) groups excluding carboxylic acids is 2. The Morgan fingerprint density at radius 2 is 1.55 bits per heavy atom. The van der Waals surface area contributed by atoms with Gasteiger partial charge in [-0.3, -0.25) is 19.4 Å². The fraction of sp³-hybridized carbons (Fsp3) is 0.450. The van der Waals surface area contributed by atoms with E-state index >= 15 is 0 Å².